The summed E-state index contributed by atoms with van der Waals surface area (Å²) in [7, 11) is 0. The summed E-state index contributed by atoms with van der Waals surface area (Å²) >= 11 is 0. The molecule has 0 spiro atoms. The highest BCUT2D eigenvalue weighted by Crippen LogP contribution is 2.38. The van der Waals surface area contributed by atoms with Gasteiger partial charge in [-0.05, 0) is 49.8 Å². The Morgan fingerprint density at radius 1 is 1.04 bits per heavy atom. The van der Waals surface area contributed by atoms with Gasteiger partial charge in [-0.1, -0.05) is 36.4 Å². The highest BCUT2D eigenvalue weighted by atomic mass is 16.5. The molecule has 124 valence electrons. The fourth-order valence-electron chi connectivity index (χ4n) is 3.12. The molecule has 0 radical (unpaired) electrons. The number of nitrogens with zero attached hydrogens (tertiary/aromatic N) is 2. The van der Waals surface area contributed by atoms with E-state index in [-0.39, 0.29) is 0 Å². The highest BCUT2D eigenvalue weighted by Gasteiger charge is 2.24. The smallest absolute Gasteiger partial charge is 0.200 e. The Morgan fingerprint density at radius 2 is 1.84 bits per heavy atom. The molecule has 0 atom stereocenters. The number of hydrogen-bond acceptors (Lipinski definition) is 3. The van der Waals surface area contributed by atoms with E-state index in [0.29, 0.717) is 0 Å². The molecule has 3 aromatic rings. The first-order valence-electron chi connectivity index (χ1n) is 8.55. The lowest BCUT2D eigenvalue weighted by atomic mass is 10.1. The van der Waals surface area contributed by atoms with Crippen molar-refractivity contribution >= 4 is 22.7 Å². The van der Waals surface area contributed by atoms with E-state index in [2.05, 4.69) is 49.1 Å². The zero-order chi connectivity index (χ0) is 17.2. The second-order valence-corrected chi connectivity index (χ2v) is 6.11. The fraction of sp³-hybridized carbons (Fsp3) is 0.136. The van der Waals surface area contributed by atoms with Gasteiger partial charge in [-0.15, -0.1) is 0 Å². The van der Waals surface area contributed by atoms with Crippen LogP contribution in [0.5, 0.6) is 5.75 Å². The van der Waals surface area contributed by atoms with E-state index in [1.54, 1.807) is 0 Å². The Labute approximate surface area is 147 Å². The molecule has 2 heterocycles. The third-order valence-electron chi connectivity index (χ3n) is 4.30. The van der Waals surface area contributed by atoms with E-state index < -0.39 is 0 Å². The topological polar surface area (TPSA) is 25.4 Å². The first kappa shape index (κ1) is 15.5. The van der Waals surface area contributed by atoms with E-state index in [9.17, 15) is 0 Å². The van der Waals surface area contributed by atoms with Crippen molar-refractivity contribution in [3.8, 4) is 5.75 Å². The summed E-state index contributed by atoms with van der Waals surface area (Å²) in [5.74, 6) is 1.77. The average molecular weight is 328 g/mol. The molecule has 0 bridgehead atoms. The van der Waals surface area contributed by atoms with Crippen LogP contribution in [-0.4, -0.2) is 11.5 Å². The summed E-state index contributed by atoms with van der Waals surface area (Å²) in [4.78, 5) is 6.89. The Hall–Kier alpha value is -3.07. The van der Waals surface area contributed by atoms with Gasteiger partial charge < -0.3 is 9.64 Å². The van der Waals surface area contributed by atoms with Crippen molar-refractivity contribution in [2.75, 3.05) is 11.4 Å². The maximum absolute atomic E-state index is 6.01. The number of hydrogen-bond donors (Lipinski definition) is 0. The number of rotatable bonds is 3. The molecule has 2 aromatic carbocycles. The Balaban J connectivity index is 1.65. The Bertz CT molecular complexity index is 988. The van der Waals surface area contributed by atoms with E-state index in [1.165, 1.54) is 0 Å². The lowest BCUT2D eigenvalue weighted by Crippen LogP contribution is -2.19. The number of fused-ring (bicyclic) bond motifs is 2. The summed E-state index contributed by atoms with van der Waals surface area (Å²) in [6, 6.07) is 20.4. The first-order valence-corrected chi connectivity index (χ1v) is 8.55. The van der Waals surface area contributed by atoms with Crippen molar-refractivity contribution in [1.29, 1.82) is 0 Å². The molecule has 0 amide bonds. The van der Waals surface area contributed by atoms with Gasteiger partial charge in [0.2, 0.25) is 5.88 Å². The standard InChI is InChI=1S/C22H20N2O/c1-3-24-20-10-6-7-11-21(20)25-22(24)15-16(2)14-18-13-12-17-8-4-5-9-19(17)23-18/h4-15H,3H2,1-2H3. The van der Waals surface area contributed by atoms with Crippen LogP contribution in [0.3, 0.4) is 0 Å². The van der Waals surface area contributed by atoms with E-state index in [0.717, 1.165) is 46.0 Å². The molecule has 0 N–H and O–H groups in total. The Morgan fingerprint density at radius 3 is 2.72 bits per heavy atom. The van der Waals surface area contributed by atoms with Crippen molar-refractivity contribution in [2.24, 2.45) is 0 Å². The average Bonchev–Trinajstić information content (AvgIpc) is 2.98. The number of ether oxygens (including phenoxy) is 1. The number of allylic oxidation sites excluding steroid dienone is 2. The zero-order valence-corrected chi connectivity index (χ0v) is 14.4. The molecule has 0 unspecified atom stereocenters. The largest absolute Gasteiger partial charge is 0.439 e. The SMILES string of the molecule is CCN1C(=CC(C)=Cc2ccc3ccccc3n2)Oc2ccccc21. The van der Waals surface area contributed by atoms with Gasteiger partial charge in [-0.3, -0.25) is 0 Å². The summed E-state index contributed by atoms with van der Waals surface area (Å²) in [5.41, 5.74) is 4.18. The molecule has 1 aliphatic heterocycles. The number of para-hydroxylation sites is 3. The number of pyridine rings is 1. The zero-order valence-electron chi connectivity index (χ0n) is 14.4. The summed E-state index contributed by atoms with van der Waals surface area (Å²) < 4.78 is 6.01. The van der Waals surface area contributed by atoms with Gasteiger partial charge >= 0.3 is 0 Å². The van der Waals surface area contributed by atoms with E-state index >= 15 is 0 Å². The van der Waals surface area contributed by atoms with Gasteiger partial charge in [0.15, 0.2) is 5.75 Å². The number of aromatic nitrogens is 1. The Kier molecular flexibility index (Phi) is 3.98. The number of benzene rings is 2. The minimum absolute atomic E-state index is 0.859. The van der Waals surface area contributed by atoms with Crippen LogP contribution in [0.1, 0.15) is 19.5 Å². The molecule has 0 saturated carbocycles. The van der Waals surface area contributed by atoms with Crippen LogP contribution in [0.15, 0.2) is 78.2 Å². The third kappa shape index (κ3) is 3.01. The van der Waals surface area contributed by atoms with Crippen LogP contribution in [0, 0.1) is 0 Å². The first-order chi connectivity index (χ1) is 12.2. The molecule has 0 aliphatic carbocycles. The van der Waals surface area contributed by atoms with Gasteiger partial charge in [-0.25, -0.2) is 4.98 Å². The van der Waals surface area contributed by atoms with Crippen LogP contribution in [-0.2, 0) is 0 Å². The maximum atomic E-state index is 6.01. The second-order valence-electron chi connectivity index (χ2n) is 6.11. The quantitative estimate of drug-likeness (QED) is 0.644. The van der Waals surface area contributed by atoms with Crippen LogP contribution in [0.4, 0.5) is 5.69 Å². The minimum atomic E-state index is 0.859. The van der Waals surface area contributed by atoms with E-state index in [4.69, 9.17) is 9.72 Å². The highest BCUT2D eigenvalue weighted by molar-refractivity contribution is 5.79. The van der Waals surface area contributed by atoms with Gasteiger partial charge in [0, 0.05) is 18.0 Å². The minimum Gasteiger partial charge on any atom is -0.439 e. The molecule has 0 saturated heterocycles. The van der Waals surface area contributed by atoms with Crippen LogP contribution >= 0.6 is 0 Å². The summed E-state index contributed by atoms with van der Waals surface area (Å²) in [6.45, 7) is 5.07. The van der Waals surface area contributed by atoms with Crippen LogP contribution in [0.25, 0.3) is 17.0 Å². The van der Waals surface area contributed by atoms with Gasteiger partial charge in [0.1, 0.15) is 0 Å². The predicted molar refractivity (Wildman–Crippen MR) is 104 cm³/mol. The van der Waals surface area contributed by atoms with Crippen molar-refractivity contribution in [2.45, 2.75) is 13.8 Å². The monoisotopic (exact) mass is 328 g/mol. The summed E-state index contributed by atoms with van der Waals surface area (Å²) in [5, 5.41) is 1.15. The van der Waals surface area contributed by atoms with Crippen molar-refractivity contribution < 1.29 is 4.74 Å². The van der Waals surface area contributed by atoms with Crippen LogP contribution in [0.2, 0.25) is 0 Å². The molecular weight excluding hydrogens is 308 g/mol. The molecule has 25 heavy (non-hydrogen) atoms. The lowest BCUT2D eigenvalue weighted by Gasteiger charge is -2.15. The maximum Gasteiger partial charge on any atom is 0.200 e. The predicted octanol–water partition coefficient (Wildman–Crippen LogP) is 5.40. The number of anilines is 1. The van der Waals surface area contributed by atoms with Crippen LogP contribution < -0.4 is 9.64 Å². The molecule has 1 aromatic heterocycles. The van der Waals surface area contributed by atoms with Gasteiger partial charge in [-0.2, -0.15) is 0 Å². The molecule has 4 rings (SSSR count). The molecular formula is C22H20N2O. The third-order valence-corrected chi connectivity index (χ3v) is 4.30. The molecule has 0 fully saturated rings. The lowest BCUT2D eigenvalue weighted by molar-refractivity contribution is 0.439. The molecule has 3 heteroatoms. The molecule has 1 aliphatic rings. The van der Waals surface area contributed by atoms with Gasteiger partial charge in [0.25, 0.3) is 0 Å². The van der Waals surface area contributed by atoms with Crippen molar-refractivity contribution in [3.05, 3.63) is 83.9 Å². The summed E-state index contributed by atoms with van der Waals surface area (Å²) in [6.07, 6.45) is 4.15. The second kappa shape index (κ2) is 6.44. The fourth-order valence-corrected chi connectivity index (χ4v) is 3.12. The van der Waals surface area contributed by atoms with Crippen molar-refractivity contribution in [3.63, 3.8) is 0 Å². The normalized spacial score (nSPS) is 15.5. The van der Waals surface area contributed by atoms with E-state index in [1.807, 2.05) is 42.5 Å². The molecule has 3 nitrogen and oxygen atoms in total. The van der Waals surface area contributed by atoms with Crippen molar-refractivity contribution in [1.82, 2.24) is 4.98 Å². The van der Waals surface area contributed by atoms with Gasteiger partial charge in [0.05, 0.1) is 16.9 Å².